The average molecular weight is 351 g/mol. The van der Waals surface area contributed by atoms with Gasteiger partial charge in [0, 0.05) is 13.1 Å². The summed E-state index contributed by atoms with van der Waals surface area (Å²) in [7, 11) is -3.33. The van der Waals surface area contributed by atoms with E-state index in [-0.39, 0.29) is 5.91 Å². The summed E-state index contributed by atoms with van der Waals surface area (Å²) in [6.07, 6.45) is 0.905. The van der Waals surface area contributed by atoms with Gasteiger partial charge in [-0.15, -0.1) is 5.10 Å². The fourth-order valence-corrected chi connectivity index (χ4v) is 5.12. The van der Waals surface area contributed by atoms with Crippen LogP contribution in [0.4, 0.5) is 0 Å². The van der Waals surface area contributed by atoms with E-state index in [0.717, 1.165) is 11.5 Å². The Morgan fingerprint density at radius 3 is 2.43 bits per heavy atom. The number of hydrogen-bond acceptors (Lipinski definition) is 6. The number of aryl methyl sites for hydroxylation is 1. The van der Waals surface area contributed by atoms with E-state index in [1.165, 1.54) is 0 Å². The molecule has 0 atom stereocenters. The molecule has 0 bridgehead atoms. The average Bonchev–Trinajstić information content (AvgIpc) is 3.01. The van der Waals surface area contributed by atoms with Crippen LogP contribution in [0.5, 0.6) is 0 Å². The minimum atomic E-state index is -3.33. The Morgan fingerprint density at radius 1 is 1.22 bits per heavy atom. The Balaban J connectivity index is 1.69. The minimum absolute atomic E-state index is 0.104. The first kappa shape index (κ1) is 16.1. The Morgan fingerprint density at radius 2 is 1.87 bits per heavy atom. The van der Waals surface area contributed by atoms with Crippen LogP contribution in [-0.2, 0) is 9.84 Å². The first-order valence-corrected chi connectivity index (χ1v) is 9.69. The standard InChI is InChI=1S/C15H17N3O3S2/c1-11-14(22-17-16-11)15(19)18-9-7-13(8-10-18)23(20,21)12-5-3-2-4-6-12/h2-6,13H,7-10H2,1H3. The molecule has 1 aliphatic rings. The molecule has 1 aromatic heterocycles. The number of likely N-dealkylation sites (tertiary alicyclic amines) is 1. The smallest absolute Gasteiger partial charge is 0.267 e. The number of rotatable bonds is 3. The quantitative estimate of drug-likeness (QED) is 0.844. The Bertz CT molecular complexity index is 794. The predicted octanol–water partition coefficient (Wildman–Crippen LogP) is 1.93. The molecule has 0 spiro atoms. The van der Waals surface area contributed by atoms with Crippen molar-refractivity contribution >= 4 is 27.3 Å². The molecular weight excluding hydrogens is 334 g/mol. The van der Waals surface area contributed by atoms with Crippen molar-refractivity contribution in [1.29, 1.82) is 0 Å². The third-order valence-electron chi connectivity index (χ3n) is 4.09. The monoisotopic (exact) mass is 351 g/mol. The zero-order valence-corrected chi connectivity index (χ0v) is 14.3. The van der Waals surface area contributed by atoms with Crippen LogP contribution >= 0.6 is 11.5 Å². The lowest BCUT2D eigenvalue weighted by atomic mass is 10.1. The van der Waals surface area contributed by atoms with Gasteiger partial charge in [0.05, 0.1) is 15.8 Å². The number of hydrogen-bond donors (Lipinski definition) is 0. The van der Waals surface area contributed by atoms with Gasteiger partial charge in [0.2, 0.25) is 0 Å². The highest BCUT2D eigenvalue weighted by Crippen LogP contribution is 2.25. The third kappa shape index (κ3) is 3.13. The fourth-order valence-electron chi connectivity index (χ4n) is 2.74. The van der Waals surface area contributed by atoms with Crippen LogP contribution in [0.15, 0.2) is 35.2 Å². The number of aromatic nitrogens is 2. The van der Waals surface area contributed by atoms with Crippen molar-refractivity contribution in [3.05, 3.63) is 40.9 Å². The molecule has 2 heterocycles. The van der Waals surface area contributed by atoms with Crippen molar-refractivity contribution < 1.29 is 13.2 Å². The molecular formula is C15H17N3O3S2. The molecule has 122 valence electrons. The molecule has 1 amide bonds. The van der Waals surface area contributed by atoms with E-state index < -0.39 is 15.1 Å². The fraction of sp³-hybridized carbons (Fsp3) is 0.400. The molecule has 6 nitrogen and oxygen atoms in total. The minimum Gasteiger partial charge on any atom is -0.338 e. The largest absolute Gasteiger partial charge is 0.338 e. The molecule has 3 rings (SSSR count). The van der Waals surface area contributed by atoms with Crippen LogP contribution in [0, 0.1) is 6.92 Å². The van der Waals surface area contributed by atoms with E-state index in [1.54, 1.807) is 42.2 Å². The van der Waals surface area contributed by atoms with Gasteiger partial charge in [0.1, 0.15) is 4.88 Å². The Kier molecular flexibility index (Phi) is 4.45. The number of carbonyl (C=O) groups is 1. The van der Waals surface area contributed by atoms with Crippen LogP contribution in [0.1, 0.15) is 28.2 Å². The summed E-state index contributed by atoms with van der Waals surface area (Å²) in [6, 6.07) is 8.50. The topological polar surface area (TPSA) is 80.2 Å². The highest BCUT2D eigenvalue weighted by Gasteiger charge is 2.33. The lowest BCUT2D eigenvalue weighted by Gasteiger charge is -2.31. The number of carbonyl (C=O) groups excluding carboxylic acids is 1. The molecule has 0 N–H and O–H groups in total. The normalized spacial score (nSPS) is 16.5. The molecule has 0 saturated carbocycles. The molecule has 1 aliphatic heterocycles. The number of sulfone groups is 1. The van der Waals surface area contributed by atoms with E-state index in [9.17, 15) is 13.2 Å². The van der Waals surface area contributed by atoms with E-state index >= 15 is 0 Å². The van der Waals surface area contributed by atoms with Crippen molar-refractivity contribution in [3.8, 4) is 0 Å². The summed E-state index contributed by atoms with van der Waals surface area (Å²) in [5.41, 5.74) is 0.624. The summed E-state index contributed by atoms with van der Waals surface area (Å²) < 4.78 is 29.0. The summed E-state index contributed by atoms with van der Waals surface area (Å²) in [6.45, 7) is 2.63. The van der Waals surface area contributed by atoms with Gasteiger partial charge < -0.3 is 4.90 Å². The molecule has 2 aromatic rings. The zero-order chi connectivity index (χ0) is 16.4. The maximum atomic E-state index is 12.6. The number of piperidine rings is 1. The van der Waals surface area contributed by atoms with Gasteiger partial charge in [-0.2, -0.15) is 0 Å². The van der Waals surface area contributed by atoms with Gasteiger partial charge in [-0.3, -0.25) is 4.79 Å². The second-order valence-electron chi connectivity index (χ2n) is 5.54. The molecule has 0 unspecified atom stereocenters. The maximum Gasteiger partial charge on any atom is 0.267 e. The molecule has 1 fully saturated rings. The summed E-state index contributed by atoms with van der Waals surface area (Å²) >= 11 is 1.08. The van der Waals surface area contributed by atoms with Crippen molar-refractivity contribution in [3.63, 3.8) is 0 Å². The van der Waals surface area contributed by atoms with Crippen molar-refractivity contribution in [2.24, 2.45) is 0 Å². The summed E-state index contributed by atoms with van der Waals surface area (Å²) in [5, 5.41) is 3.42. The predicted molar refractivity (Wildman–Crippen MR) is 87.2 cm³/mol. The van der Waals surface area contributed by atoms with Gasteiger partial charge >= 0.3 is 0 Å². The second kappa shape index (κ2) is 6.37. The Labute approximate surface area is 139 Å². The first-order valence-electron chi connectivity index (χ1n) is 7.37. The van der Waals surface area contributed by atoms with E-state index in [1.807, 2.05) is 0 Å². The van der Waals surface area contributed by atoms with Crippen LogP contribution in [-0.4, -0.2) is 47.2 Å². The van der Waals surface area contributed by atoms with Gasteiger partial charge in [-0.05, 0) is 43.4 Å². The van der Waals surface area contributed by atoms with Crippen molar-refractivity contribution in [1.82, 2.24) is 14.5 Å². The summed E-state index contributed by atoms with van der Waals surface area (Å²) in [4.78, 5) is 15.0. The van der Waals surface area contributed by atoms with Gasteiger partial charge in [0.15, 0.2) is 9.84 Å². The van der Waals surface area contributed by atoms with Gasteiger partial charge in [0.25, 0.3) is 5.91 Å². The van der Waals surface area contributed by atoms with E-state index in [2.05, 4.69) is 9.59 Å². The first-order chi connectivity index (χ1) is 11.0. The SMILES string of the molecule is Cc1nnsc1C(=O)N1CCC(S(=O)(=O)c2ccccc2)CC1. The lowest BCUT2D eigenvalue weighted by molar-refractivity contribution is 0.0729. The maximum absolute atomic E-state index is 12.6. The van der Waals surface area contributed by atoms with Crippen LogP contribution in [0.25, 0.3) is 0 Å². The van der Waals surface area contributed by atoms with Crippen LogP contribution in [0.3, 0.4) is 0 Å². The van der Waals surface area contributed by atoms with Crippen molar-refractivity contribution in [2.45, 2.75) is 29.9 Å². The zero-order valence-electron chi connectivity index (χ0n) is 12.7. The van der Waals surface area contributed by atoms with Crippen molar-refractivity contribution in [2.75, 3.05) is 13.1 Å². The molecule has 0 radical (unpaired) electrons. The highest BCUT2D eigenvalue weighted by molar-refractivity contribution is 7.92. The number of benzene rings is 1. The Hall–Kier alpha value is -1.80. The lowest BCUT2D eigenvalue weighted by Crippen LogP contribution is -2.42. The van der Waals surface area contributed by atoms with Gasteiger partial charge in [-0.25, -0.2) is 8.42 Å². The summed E-state index contributed by atoms with van der Waals surface area (Å²) in [5.74, 6) is -0.104. The van der Waals surface area contributed by atoms with Crippen LogP contribution in [0.2, 0.25) is 0 Å². The molecule has 1 saturated heterocycles. The van der Waals surface area contributed by atoms with E-state index in [0.29, 0.717) is 41.4 Å². The highest BCUT2D eigenvalue weighted by atomic mass is 32.2. The van der Waals surface area contributed by atoms with Gasteiger partial charge in [-0.1, -0.05) is 22.7 Å². The molecule has 1 aromatic carbocycles. The molecule has 8 heteroatoms. The number of amides is 1. The van der Waals surface area contributed by atoms with Crippen LogP contribution < -0.4 is 0 Å². The number of nitrogens with zero attached hydrogens (tertiary/aromatic N) is 3. The second-order valence-corrected chi connectivity index (χ2v) is 8.52. The molecule has 23 heavy (non-hydrogen) atoms. The molecule has 0 aliphatic carbocycles. The van der Waals surface area contributed by atoms with E-state index in [4.69, 9.17) is 0 Å². The third-order valence-corrected chi connectivity index (χ3v) is 7.18.